The van der Waals surface area contributed by atoms with Gasteiger partial charge in [-0.15, -0.1) is 10.2 Å². The normalized spacial score (nSPS) is 30.3. The number of hydrogen-bond donors (Lipinski definition) is 1. The van der Waals surface area contributed by atoms with Gasteiger partial charge >= 0.3 is 0 Å². The summed E-state index contributed by atoms with van der Waals surface area (Å²) in [7, 11) is 0. The summed E-state index contributed by atoms with van der Waals surface area (Å²) in [6, 6.07) is 7.88. The van der Waals surface area contributed by atoms with Gasteiger partial charge in [0.15, 0.2) is 0 Å². The van der Waals surface area contributed by atoms with Crippen molar-refractivity contribution in [3.8, 4) is 11.3 Å². The molecule has 2 unspecified atom stereocenters. The molecular formula is C24H30F2N4O. The van der Waals surface area contributed by atoms with Crippen molar-refractivity contribution in [1.29, 1.82) is 0 Å². The molecule has 3 heterocycles. The number of anilines is 1. The van der Waals surface area contributed by atoms with Gasteiger partial charge in [-0.05, 0) is 81.7 Å². The Labute approximate surface area is 182 Å². The van der Waals surface area contributed by atoms with Crippen LogP contribution in [0.15, 0.2) is 30.3 Å². The molecule has 1 N–H and O–H groups in total. The quantitative estimate of drug-likeness (QED) is 0.777. The zero-order valence-electron chi connectivity index (χ0n) is 18.2. The van der Waals surface area contributed by atoms with Gasteiger partial charge in [0.25, 0.3) is 0 Å². The number of aromatic nitrogens is 2. The van der Waals surface area contributed by atoms with E-state index in [1.165, 1.54) is 13.1 Å². The molecule has 5 nitrogen and oxygen atoms in total. The lowest BCUT2D eigenvalue weighted by Crippen LogP contribution is -2.45. The highest BCUT2D eigenvalue weighted by Gasteiger charge is 2.44. The number of benzene rings is 1. The van der Waals surface area contributed by atoms with Crippen LogP contribution in [0.1, 0.15) is 39.5 Å². The molecule has 166 valence electrons. The second-order valence-electron chi connectivity index (χ2n) is 9.97. The Bertz CT molecular complexity index is 922. The van der Waals surface area contributed by atoms with Crippen molar-refractivity contribution >= 4 is 5.82 Å². The molecular weight excluding hydrogens is 398 g/mol. The highest BCUT2D eigenvalue weighted by molar-refractivity contribution is 5.60. The molecule has 3 fully saturated rings. The van der Waals surface area contributed by atoms with Crippen molar-refractivity contribution < 1.29 is 13.5 Å². The van der Waals surface area contributed by atoms with E-state index in [9.17, 15) is 8.78 Å². The molecule has 0 spiro atoms. The van der Waals surface area contributed by atoms with Crippen LogP contribution in [0.5, 0.6) is 0 Å². The highest BCUT2D eigenvalue weighted by atomic mass is 19.1. The van der Waals surface area contributed by atoms with E-state index < -0.39 is 11.6 Å². The average molecular weight is 429 g/mol. The molecule has 2 saturated heterocycles. The minimum atomic E-state index is -0.502. The van der Waals surface area contributed by atoms with Gasteiger partial charge in [0, 0.05) is 37.3 Å². The minimum Gasteiger partial charge on any atom is -0.375 e. The van der Waals surface area contributed by atoms with E-state index >= 15 is 0 Å². The van der Waals surface area contributed by atoms with Crippen LogP contribution in [0.3, 0.4) is 0 Å². The SMILES string of the molecule is CC1(C)CC(N2CC3C[C@@H](Nc4ccc(-c5cc(F)ccc5F)nn4)C[C@@H]3C2)CCO1. The first-order valence-electron chi connectivity index (χ1n) is 11.3. The molecule has 31 heavy (non-hydrogen) atoms. The first-order chi connectivity index (χ1) is 14.9. The van der Waals surface area contributed by atoms with Crippen LogP contribution in [0, 0.1) is 23.5 Å². The molecule has 5 rings (SSSR count). The molecule has 2 aromatic rings. The number of halogens is 2. The Hall–Kier alpha value is -2.12. The predicted molar refractivity (Wildman–Crippen MR) is 116 cm³/mol. The second-order valence-corrected chi connectivity index (χ2v) is 9.97. The topological polar surface area (TPSA) is 50.3 Å². The van der Waals surface area contributed by atoms with E-state index in [0.717, 1.165) is 62.3 Å². The molecule has 3 aliphatic rings. The highest BCUT2D eigenvalue weighted by Crippen LogP contribution is 2.41. The van der Waals surface area contributed by atoms with E-state index in [1.54, 1.807) is 12.1 Å². The van der Waals surface area contributed by atoms with Crippen molar-refractivity contribution in [2.24, 2.45) is 11.8 Å². The first kappa shape index (κ1) is 20.8. The fraction of sp³-hybridized carbons (Fsp3) is 0.583. The molecule has 1 aromatic heterocycles. The lowest BCUT2D eigenvalue weighted by molar-refractivity contribution is -0.0811. The van der Waals surface area contributed by atoms with Crippen LogP contribution < -0.4 is 5.32 Å². The molecule has 1 aromatic carbocycles. The number of nitrogens with one attached hydrogen (secondary N) is 1. The standard InChI is InChI=1S/C24H30F2N4O/c1-24(2)12-19(7-8-31-24)30-13-15-9-18(10-16(15)14-30)27-23-6-5-22(28-29-23)20-11-17(25)3-4-21(20)26/h3-6,11,15-16,18-19H,7-10,12-14H2,1-2H3,(H,27,29)/t15-,16?,18+,19?/m1/s1. The second kappa shape index (κ2) is 8.10. The van der Waals surface area contributed by atoms with Gasteiger partial charge in [0.1, 0.15) is 17.5 Å². The van der Waals surface area contributed by atoms with Crippen molar-refractivity contribution in [1.82, 2.24) is 15.1 Å². The van der Waals surface area contributed by atoms with Gasteiger partial charge in [0.2, 0.25) is 0 Å². The summed E-state index contributed by atoms with van der Waals surface area (Å²) in [5.41, 5.74) is 0.455. The Morgan fingerprint density at radius 3 is 2.52 bits per heavy atom. The zero-order valence-corrected chi connectivity index (χ0v) is 18.2. The summed E-state index contributed by atoms with van der Waals surface area (Å²) in [5.74, 6) is 1.14. The number of nitrogens with zero attached hydrogens (tertiary/aromatic N) is 3. The third-order valence-corrected chi connectivity index (χ3v) is 7.19. The first-order valence-corrected chi connectivity index (χ1v) is 11.3. The Balaban J connectivity index is 1.17. The maximum absolute atomic E-state index is 14.0. The van der Waals surface area contributed by atoms with Crippen molar-refractivity contribution in [2.75, 3.05) is 25.0 Å². The summed E-state index contributed by atoms with van der Waals surface area (Å²) in [5, 5.41) is 11.8. The summed E-state index contributed by atoms with van der Waals surface area (Å²) in [6.45, 7) is 7.61. The summed E-state index contributed by atoms with van der Waals surface area (Å²) < 4.78 is 33.3. The summed E-state index contributed by atoms with van der Waals surface area (Å²) >= 11 is 0. The fourth-order valence-electron chi connectivity index (χ4n) is 5.72. The summed E-state index contributed by atoms with van der Waals surface area (Å²) in [4.78, 5) is 2.69. The van der Waals surface area contributed by atoms with Crippen LogP contribution in [0.2, 0.25) is 0 Å². The third-order valence-electron chi connectivity index (χ3n) is 7.19. The number of likely N-dealkylation sites (tertiary alicyclic amines) is 1. The predicted octanol–water partition coefficient (Wildman–Crippen LogP) is 4.50. The van der Waals surface area contributed by atoms with Gasteiger partial charge < -0.3 is 10.1 Å². The molecule has 0 bridgehead atoms. The minimum absolute atomic E-state index is 0.00995. The maximum atomic E-state index is 14.0. The van der Waals surface area contributed by atoms with E-state index in [-0.39, 0.29) is 11.2 Å². The van der Waals surface area contributed by atoms with Crippen LogP contribution in [0.25, 0.3) is 11.3 Å². The van der Waals surface area contributed by atoms with Gasteiger partial charge in [0.05, 0.1) is 11.3 Å². The van der Waals surface area contributed by atoms with E-state index in [0.29, 0.717) is 23.6 Å². The lowest BCUT2D eigenvalue weighted by atomic mass is 9.93. The molecule has 0 radical (unpaired) electrons. The van der Waals surface area contributed by atoms with Gasteiger partial charge in [-0.25, -0.2) is 8.78 Å². The Kier molecular flexibility index (Phi) is 5.42. The molecule has 4 atom stereocenters. The van der Waals surface area contributed by atoms with Gasteiger partial charge in [-0.3, -0.25) is 4.90 Å². The summed E-state index contributed by atoms with van der Waals surface area (Å²) in [6.07, 6.45) is 4.52. The smallest absolute Gasteiger partial charge is 0.148 e. The van der Waals surface area contributed by atoms with E-state index in [1.807, 2.05) is 0 Å². The molecule has 1 aliphatic carbocycles. The molecule has 7 heteroatoms. The maximum Gasteiger partial charge on any atom is 0.148 e. The van der Waals surface area contributed by atoms with Crippen molar-refractivity contribution in [3.63, 3.8) is 0 Å². The van der Waals surface area contributed by atoms with Crippen molar-refractivity contribution in [3.05, 3.63) is 42.0 Å². The number of ether oxygens (including phenoxy) is 1. The molecule has 2 aliphatic heterocycles. The number of hydrogen-bond acceptors (Lipinski definition) is 5. The lowest BCUT2D eigenvalue weighted by Gasteiger charge is -2.40. The van der Waals surface area contributed by atoms with Gasteiger partial charge in [-0.2, -0.15) is 0 Å². The third kappa shape index (κ3) is 4.44. The number of rotatable bonds is 4. The van der Waals surface area contributed by atoms with E-state index in [2.05, 4.69) is 34.3 Å². The largest absolute Gasteiger partial charge is 0.375 e. The monoisotopic (exact) mass is 428 g/mol. The van der Waals surface area contributed by atoms with Crippen LogP contribution in [-0.2, 0) is 4.74 Å². The van der Waals surface area contributed by atoms with Crippen molar-refractivity contribution in [2.45, 2.75) is 57.2 Å². The fourth-order valence-corrected chi connectivity index (χ4v) is 5.72. The zero-order chi connectivity index (χ0) is 21.6. The Morgan fingerprint density at radius 2 is 1.84 bits per heavy atom. The van der Waals surface area contributed by atoms with Crippen LogP contribution in [-0.4, -0.2) is 52.5 Å². The molecule has 1 saturated carbocycles. The van der Waals surface area contributed by atoms with Crippen LogP contribution >= 0.6 is 0 Å². The molecule has 0 amide bonds. The number of fused-ring (bicyclic) bond motifs is 1. The van der Waals surface area contributed by atoms with E-state index in [4.69, 9.17) is 4.74 Å². The Morgan fingerprint density at radius 1 is 1.06 bits per heavy atom. The average Bonchev–Trinajstić information content (AvgIpc) is 3.28. The van der Waals surface area contributed by atoms with Crippen LogP contribution in [0.4, 0.5) is 14.6 Å². The van der Waals surface area contributed by atoms with Gasteiger partial charge in [-0.1, -0.05) is 0 Å².